The van der Waals surface area contributed by atoms with E-state index in [2.05, 4.69) is 15.3 Å². The smallest absolute Gasteiger partial charge is 0.251 e. The fraction of sp³-hybridized carbons (Fsp3) is 0.167. The van der Waals surface area contributed by atoms with Crippen LogP contribution in [0.2, 0.25) is 0 Å². The highest BCUT2D eigenvalue weighted by Gasteiger charge is 2.06. The highest BCUT2D eigenvalue weighted by molar-refractivity contribution is 5.94. The van der Waals surface area contributed by atoms with Crippen molar-refractivity contribution in [2.75, 3.05) is 0 Å². The van der Waals surface area contributed by atoms with Crippen LogP contribution in [0, 0.1) is 13.8 Å². The molecule has 0 fully saturated rings. The van der Waals surface area contributed by atoms with Crippen molar-refractivity contribution in [3.05, 3.63) is 77.5 Å². The second-order valence-electron chi connectivity index (χ2n) is 5.48. The normalized spacial score (nSPS) is 10.5. The Morgan fingerprint density at radius 2 is 2.04 bits per heavy atom. The summed E-state index contributed by atoms with van der Waals surface area (Å²) in [5, 5.41) is 2.92. The lowest BCUT2D eigenvalue weighted by atomic mass is 10.1. The topological polar surface area (TPSA) is 59.8 Å². The van der Waals surface area contributed by atoms with E-state index in [4.69, 9.17) is 0 Å². The highest BCUT2D eigenvalue weighted by Crippen LogP contribution is 2.10. The molecule has 0 aliphatic heterocycles. The maximum Gasteiger partial charge on any atom is 0.251 e. The summed E-state index contributed by atoms with van der Waals surface area (Å²) in [4.78, 5) is 20.6. The van der Waals surface area contributed by atoms with Gasteiger partial charge in [-0.25, -0.2) is 9.97 Å². The maximum absolute atomic E-state index is 12.2. The lowest BCUT2D eigenvalue weighted by molar-refractivity contribution is 0.0951. The molecule has 0 saturated heterocycles. The van der Waals surface area contributed by atoms with E-state index in [1.54, 1.807) is 18.7 Å². The van der Waals surface area contributed by atoms with Crippen LogP contribution in [0.4, 0.5) is 0 Å². The van der Waals surface area contributed by atoms with Gasteiger partial charge in [-0.1, -0.05) is 12.1 Å². The number of imidazole rings is 1. The molecule has 5 nitrogen and oxygen atoms in total. The summed E-state index contributed by atoms with van der Waals surface area (Å²) in [7, 11) is 0. The van der Waals surface area contributed by atoms with Crippen LogP contribution in [-0.2, 0) is 6.54 Å². The number of aryl methyl sites for hydroxylation is 2. The van der Waals surface area contributed by atoms with Crippen LogP contribution in [0.1, 0.15) is 27.0 Å². The Hall–Kier alpha value is -2.95. The first-order valence-corrected chi connectivity index (χ1v) is 7.42. The zero-order chi connectivity index (χ0) is 16.2. The lowest BCUT2D eigenvalue weighted by Gasteiger charge is -2.08. The van der Waals surface area contributed by atoms with Crippen molar-refractivity contribution in [1.29, 1.82) is 0 Å². The minimum atomic E-state index is -0.0770. The van der Waals surface area contributed by atoms with E-state index in [1.807, 2.05) is 54.9 Å². The summed E-state index contributed by atoms with van der Waals surface area (Å²) in [6, 6.07) is 9.57. The van der Waals surface area contributed by atoms with Crippen molar-refractivity contribution >= 4 is 5.91 Å². The molecule has 0 bridgehead atoms. The molecule has 0 spiro atoms. The summed E-state index contributed by atoms with van der Waals surface area (Å²) in [6.45, 7) is 4.48. The maximum atomic E-state index is 12.2. The van der Waals surface area contributed by atoms with Crippen LogP contribution in [0.15, 0.2) is 55.2 Å². The number of aromatic nitrogens is 3. The molecule has 0 atom stereocenters. The number of hydrogen-bond acceptors (Lipinski definition) is 3. The van der Waals surface area contributed by atoms with E-state index >= 15 is 0 Å². The fourth-order valence-electron chi connectivity index (χ4n) is 2.24. The van der Waals surface area contributed by atoms with Gasteiger partial charge in [0, 0.05) is 30.7 Å². The van der Waals surface area contributed by atoms with Gasteiger partial charge in [-0.15, -0.1) is 0 Å². The van der Waals surface area contributed by atoms with E-state index in [1.165, 1.54) is 5.56 Å². The summed E-state index contributed by atoms with van der Waals surface area (Å²) in [5.74, 6) is 0.721. The molecule has 1 aromatic carbocycles. The molecule has 3 rings (SSSR count). The highest BCUT2D eigenvalue weighted by atomic mass is 16.1. The van der Waals surface area contributed by atoms with Gasteiger partial charge in [-0.2, -0.15) is 0 Å². The first-order valence-electron chi connectivity index (χ1n) is 7.42. The van der Waals surface area contributed by atoms with Gasteiger partial charge in [-0.05, 0) is 48.7 Å². The van der Waals surface area contributed by atoms with Crippen molar-refractivity contribution in [1.82, 2.24) is 19.9 Å². The van der Waals surface area contributed by atoms with Crippen LogP contribution < -0.4 is 5.32 Å². The van der Waals surface area contributed by atoms with E-state index < -0.39 is 0 Å². The number of nitrogens with zero attached hydrogens (tertiary/aromatic N) is 3. The van der Waals surface area contributed by atoms with Crippen LogP contribution >= 0.6 is 0 Å². The van der Waals surface area contributed by atoms with Gasteiger partial charge in [0.15, 0.2) is 0 Å². The second-order valence-corrected chi connectivity index (χ2v) is 5.48. The molecule has 0 aliphatic rings. The van der Waals surface area contributed by atoms with Crippen LogP contribution in [-0.4, -0.2) is 20.4 Å². The zero-order valence-electron chi connectivity index (χ0n) is 13.2. The average molecular weight is 306 g/mol. The molecule has 3 aromatic rings. The largest absolute Gasteiger partial charge is 0.348 e. The first kappa shape index (κ1) is 15.0. The van der Waals surface area contributed by atoms with Gasteiger partial charge in [0.2, 0.25) is 0 Å². The Bertz CT molecular complexity index is 808. The standard InChI is InChI=1S/C18H18N4O/c1-13-3-5-16(9-14(13)2)18(23)21-11-15-4-6-17(20-10-15)22-8-7-19-12-22/h3-10,12H,11H2,1-2H3,(H,21,23). The molecular weight excluding hydrogens is 288 g/mol. The van der Waals surface area contributed by atoms with E-state index in [9.17, 15) is 4.79 Å². The zero-order valence-corrected chi connectivity index (χ0v) is 13.2. The number of nitrogens with one attached hydrogen (secondary N) is 1. The molecular formula is C18H18N4O. The molecule has 2 heterocycles. The van der Waals surface area contributed by atoms with E-state index in [0.29, 0.717) is 12.1 Å². The van der Waals surface area contributed by atoms with Crippen LogP contribution in [0.25, 0.3) is 5.82 Å². The monoisotopic (exact) mass is 306 g/mol. The number of rotatable bonds is 4. The summed E-state index contributed by atoms with van der Waals surface area (Å²) >= 11 is 0. The molecule has 1 amide bonds. The molecule has 116 valence electrons. The molecule has 23 heavy (non-hydrogen) atoms. The van der Waals surface area contributed by atoms with Gasteiger partial charge in [0.05, 0.1) is 0 Å². The molecule has 0 saturated carbocycles. The molecule has 5 heteroatoms. The van der Waals surface area contributed by atoms with Gasteiger partial charge < -0.3 is 5.32 Å². The van der Waals surface area contributed by atoms with Crippen molar-refractivity contribution in [3.8, 4) is 5.82 Å². The number of hydrogen-bond donors (Lipinski definition) is 1. The summed E-state index contributed by atoms with van der Waals surface area (Å²) in [6.07, 6.45) is 7.00. The lowest BCUT2D eigenvalue weighted by Crippen LogP contribution is -2.23. The summed E-state index contributed by atoms with van der Waals surface area (Å²) in [5.41, 5.74) is 3.92. The third-order valence-corrected chi connectivity index (χ3v) is 3.80. The number of benzene rings is 1. The quantitative estimate of drug-likeness (QED) is 0.806. The molecule has 0 radical (unpaired) electrons. The summed E-state index contributed by atoms with van der Waals surface area (Å²) < 4.78 is 1.83. The van der Waals surface area contributed by atoms with E-state index in [0.717, 1.165) is 16.9 Å². The van der Waals surface area contributed by atoms with Gasteiger partial charge in [0.25, 0.3) is 5.91 Å². The Morgan fingerprint density at radius 1 is 1.17 bits per heavy atom. The SMILES string of the molecule is Cc1ccc(C(=O)NCc2ccc(-n3ccnc3)nc2)cc1C. The van der Waals surface area contributed by atoms with E-state index in [-0.39, 0.29) is 5.91 Å². The predicted molar refractivity (Wildman–Crippen MR) is 88.4 cm³/mol. The van der Waals surface area contributed by atoms with Gasteiger partial charge in [0.1, 0.15) is 12.1 Å². The number of pyridine rings is 1. The van der Waals surface area contributed by atoms with Crippen LogP contribution in [0.3, 0.4) is 0 Å². The Kier molecular flexibility index (Phi) is 4.19. The third kappa shape index (κ3) is 3.45. The van der Waals surface area contributed by atoms with Crippen molar-refractivity contribution < 1.29 is 4.79 Å². The third-order valence-electron chi connectivity index (χ3n) is 3.80. The van der Waals surface area contributed by atoms with Crippen molar-refractivity contribution in [2.45, 2.75) is 20.4 Å². The number of carbonyl (C=O) groups is 1. The minimum Gasteiger partial charge on any atom is -0.348 e. The Labute approximate surface area is 135 Å². The molecule has 0 unspecified atom stereocenters. The van der Waals surface area contributed by atoms with Gasteiger partial charge >= 0.3 is 0 Å². The van der Waals surface area contributed by atoms with Gasteiger partial charge in [-0.3, -0.25) is 9.36 Å². The molecule has 1 N–H and O–H groups in total. The minimum absolute atomic E-state index is 0.0770. The van der Waals surface area contributed by atoms with Crippen molar-refractivity contribution in [3.63, 3.8) is 0 Å². The van der Waals surface area contributed by atoms with Crippen molar-refractivity contribution in [2.24, 2.45) is 0 Å². The Balaban J connectivity index is 1.63. The predicted octanol–water partition coefficient (Wildman–Crippen LogP) is 2.81. The molecule has 0 aliphatic carbocycles. The van der Waals surface area contributed by atoms with Crippen LogP contribution in [0.5, 0.6) is 0 Å². The number of carbonyl (C=O) groups excluding carboxylic acids is 1. The fourth-order valence-corrected chi connectivity index (χ4v) is 2.24. The second kappa shape index (κ2) is 6.44. The first-order chi connectivity index (χ1) is 11.1. The Morgan fingerprint density at radius 3 is 2.70 bits per heavy atom. The molecule has 2 aromatic heterocycles. The average Bonchev–Trinajstić information content (AvgIpc) is 3.10. The number of amides is 1.